The molecule has 0 bridgehead atoms. The van der Waals surface area contributed by atoms with E-state index in [4.69, 9.17) is 10.5 Å². The Balaban J connectivity index is 1.98. The third-order valence-corrected chi connectivity index (χ3v) is 5.67. The molecule has 2 aromatic carbocycles. The second-order valence-electron chi connectivity index (χ2n) is 7.45. The molecule has 9 heteroatoms. The molecule has 1 unspecified atom stereocenters. The SMILES string of the molecule is CNc1c(F)c(N2CCC(N)C2)c2c3c1c(=O)c(C(=O)O)cn3-c1ccccc1O2. The van der Waals surface area contributed by atoms with E-state index < -0.39 is 22.8 Å². The molecule has 2 aliphatic rings. The number of anilines is 2. The van der Waals surface area contributed by atoms with Crippen LogP contribution in [0.15, 0.2) is 35.3 Å². The van der Waals surface area contributed by atoms with Crippen LogP contribution < -0.4 is 26.1 Å². The molecule has 1 fully saturated rings. The normalized spacial score (nSPS) is 17.0. The number of carboxylic acids is 1. The fourth-order valence-electron chi connectivity index (χ4n) is 4.31. The smallest absolute Gasteiger partial charge is 0.341 e. The highest BCUT2D eigenvalue weighted by Crippen LogP contribution is 2.49. The summed E-state index contributed by atoms with van der Waals surface area (Å²) in [6.45, 7) is 0.989. The summed E-state index contributed by atoms with van der Waals surface area (Å²) < 4.78 is 23.5. The second kappa shape index (κ2) is 6.46. The Hall–Kier alpha value is -3.59. The molecule has 0 spiro atoms. The fourth-order valence-corrected chi connectivity index (χ4v) is 4.31. The van der Waals surface area contributed by atoms with Gasteiger partial charge in [0.2, 0.25) is 5.43 Å². The number of carbonyl (C=O) groups is 1. The third kappa shape index (κ3) is 2.42. The number of halogens is 1. The summed E-state index contributed by atoms with van der Waals surface area (Å²) in [5, 5.41) is 12.3. The molecular weight excluding hydrogens is 391 g/mol. The maximum Gasteiger partial charge on any atom is 0.341 e. The second-order valence-corrected chi connectivity index (χ2v) is 7.45. The van der Waals surface area contributed by atoms with Crippen molar-refractivity contribution in [3.05, 3.63) is 52.1 Å². The monoisotopic (exact) mass is 410 g/mol. The summed E-state index contributed by atoms with van der Waals surface area (Å²) in [6.07, 6.45) is 1.97. The molecule has 4 N–H and O–H groups in total. The molecular formula is C21H19FN4O4. The molecule has 2 aliphatic heterocycles. The van der Waals surface area contributed by atoms with E-state index in [9.17, 15) is 14.7 Å². The van der Waals surface area contributed by atoms with Gasteiger partial charge >= 0.3 is 5.97 Å². The van der Waals surface area contributed by atoms with Gasteiger partial charge in [0.05, 0.1) is 16.8 Å². The number of nitrogens with two attached hydrogens (primary N) is 1. The quantitative estimate of drug-likeness (QED) is 0.476. The Morgan fingerprint density at radius 2 is 2.13 bits per heavy atom. The van der Waals surface area contributed by atoms with E-state index in [0.717, 1.165) is 0 Å². The van der Waals surface area contributed by atoms with Crippen LogP contribution in [0.25, 0.3) is 16.6 Å². The number of aromatic nitrogens is 1. The van der Waals surface area contributed by atoms with Crippen molar-refractivity contribution in [1.29, 1.82) is 0 Å². The van der Waals surface area contributed by atoms with Crippen molar-refractivity contribution in [2.75, 3.05) is 30.4 Å². The lowest BCUT2D eigenvalue weighted by molar-refractivity contribution is 0.0695. The Morgan fingerprint density at radius 1 is 1.37 bits per heavy atom. The molecule has 154 valence electrons. The lowest BCUT2D eigenvalue weighted by Crippen LogP contribution is -2.29. The number of nitrogens with zero attached hydrogens (tertiary/aromatic N) is 2. The average molecular weight is 410 g/mol. The number of hydrogen-bond donors (Lipinski definition) is 3. The highest BCUT2D eigenvalue weighted by molar-refractivity contribution is 6.05. The van der Waals surface area contributed by atoms with Gasteiger partial charge in [-0.25, -0.2) is 9.18 Å². The molecule has 3 heterocycles. The molecule has 5 rings (SSSR count). The summed E-state index contributed by atoms with van der Waals surface area (Å²) >= 11 is 0. The average Bonchev–Trinajstić information content (AvgIpc) is 3.15. The van der Waals surface area contributed by atoms with Crippen LogP contribution >= 0.6 is 0 Å². The molecule has 1 atom stereocenters. The van der Waals surface area contributed by atoms with Crippen LogP contribution in [0.1, 0.15) is 16.8 Å². The molecule has 8 nitrogen and oxygen atoms in total. The first-order chi connectivity index (χ1) is 14.4. The van der Waals surface area contributed by atoms with Crippen LogP contribution in [-0.2, 0) is 0 Å². The third-order valence-electron chi connectivity index (χ3n) is 5.67. The summed E-state index contributed by atoms with van der Waals surface area (Å²) in [5.74, 6) is -1.43. The van der Waals surface area contributed by atoms with Crippen LogP contribution in [0.3, 0.4) is 0 Å². The minimum atomic E-state index is -1.38. The van der Waals surface area contributed by atoms with Gasteiger partial charge in [-0.2, -0.15) is 0 Å². The number of para-hydroxylation sites is 2. The topological polar surface area (TPSA) is 110 Å². The van der Waals surface area contributed by atoms with E-state index in [1.54, 1.807) is 28.8 Å². The fraction of sp³-hybridized carbons (Fsp3) is 0.238. The van der Waals surface area contributed by atoms with Gasteiger partial charge in [-0.05, 0) is 18.6 Å². The van der Waals surface area contributed by atoms with E-state index in [1.807, 2.05) is 4.90 Å². The van der Waals surface area contributed by atoms with Crippen molar-refractivity contribution in [1.82, 2.24) is 4.57 Å². The first-order valence-corrected chi connectivity index (χ1v) is 9.56. The predicted octanol–water partition coefficient (Wildman–Crippen LogP) is 2.51. The molecule has 30 heavy (non-hydrogen) atoms. The van der Waals surface area contributed by atoms with E-state index in [2.05, 4.69) is 5.32 Å². The molecule has 1 saturated heterocycles. The molecule has 3 aromatic rings. The highest BCUT2D eigenvalue weighted by Gasteiger charge is 2.35. The van der Waals surface area contributed by atoms with Crippen LogP contribution in [-0.4, -0.2) is 41.8 Å². The van der Waals surface area contributed by atoms with E-state index in [0.29, 0.717) is 36.5 Å². The molecule has 0 aliphatic carbocycles. The number of hydrogen-bond acceptors (Lipinski definition) is 6. The number of aromatic carboxylic acids is 1. The van der Waals surface area contributed by atoms with Crippen LogP contribution in [0, 0.1) is 5.82 Å². The van der Waals surface area contributed by atoms with Crippen molar-refractivity contribution >= 4 is 28.2 Å². The van der Waals surface area contributed by atoms with Crippen molar-refractivity contribution in [3.63, 3.8) is 0 Å². The Morgan fingerprint density at radius 3 is 2.80 bits per heavy atom. The summed E-state index contributed by atoms with van der Waals surface area (Å²) in [4.78, 5) is 26.6. The van der Waals surface area contributed by atoms with Crippen LogP contribution in [0.5, 0.6) is 11.5 Å². The molecule has 1 aromatic heterocycles. The Bertz CT molecular complexity index is 1290. The highest BCUT2D eigenvalue weighted by atomic mass is 19.1. The standard InChI is InChI=1S/C21H19FN4O4/c1-24-16-14-17-20(18(15(16)22)25-7-6-10(23)8-25)30-13-5-3-2-4-12(13)26(17)9-11(19(14)27)21(28)29/h2-5,9-10,24H,6-8,23H2,1H3,(H,28,29). The Labute approximate surface area is 170 Å². The number of benzene rings is 2. The van der Waals surface area contributed by atoms with E-state index in [1.165, 1.54) is 13.2 Å². The maximum atomic E-state index is 15.8. The lowest BCUT2D eigenvalue weighted by atomic mass is 10.0. The minimum absolute atomic E-state index is 0.0611. The Kier molecular flexibility index (Phi) is 3.97. The van der Waals surface area contributed by atoms with E-state index >= 15 is 4.39 Å². The van der Waals surface area contributed by atoms with Crippen LogP contribution in [0.2, 0.25) is 0 Å². The maximum absolute atomic E-state index is 15.8. The predicted molar refractivity (Wildman–Crippen MR) is 111 cm³/mol. The first-order valence-electron chi connectivity index (χ1n) is 9.56. The first kappa shape index (κ1) is 18.4. The zero-order valence-corrected chi connectivity index (χ0v) is 16.1. The minimum Gasteiger partial charge on any atom is -0.477 e. The van der Waals surface area contributed by atoms with Gasteiger partial charge < -0.3 is 30.4 Å². The van der Waals surface area contributed by atoms with Gasteiger partial charge in [0.1, 0.15) is 16.8 Å². The van der Waals surface area contributed by atoms with Crippen molar-refractivity contribution in [2.24, 2.45) is 5.73 Å². The zero-order valence-electron chi connectivity index (χ0n) is 16.1. The lowest BCUT2D eigenvalue weighted by Gasteiger charge is -2.30. The summed E-state index contributed by atoms with van der Waals surface area (Å²) in [6, 6.07) is 6.91. The van der Waals surface area contributed by atoms with Crippen LogP contribution in [0.4, 0.5) is 15.8 Å². The van der Waals surface area contributed by atoms with Gasteiger partial charge in [-0.15, -0.1) is 0 Å². The van der Waals surface area contributed by atoms with E-state index in [-0.39, 0.29) is 28.6 Å². The van der Waals surface area contributed by atoms with Gasteiger partial charge in [0.25, 0.3) is 0 Å². The summed E-state index contributed by atoms with van der Waals surface area (Å²) in [5.41, 5.74) is 5.87. The van der Waals surface area contributed by atoms with Crippen molar-refractivity contribution in [2.45, 2.75) is 12.5 Å². The van der Waals surface area contributed by atoms with Crippen molar-refractivity contribution < 1.29 is 19.0 Å². The number of ether oxygens (including phenoxy) is 1. The number of carboxylic acid groups (broad SMARTS) is 1. The number of pyridine rings is 1. The molecule has 0 radical (unpaired) electrons. The molecule has 0 saturated carbocycles. The van der Waals surface area contributed by atoms with Gasteiger partial charge in [-0.1, -0.05) is 12.1 Å². The van der Waals surface area contributed by atoms with Gasteiger partial charge in [0, 0.05) is 32.4 Å². The van der Waals surface area contributed by atoms with Gasteiger partial charge in [-0.3, -0.25) is 4.79 Å². The zero-order chi connectivity index (χ0) is 21.2. The number of fused-ring (bicyclic) bond motifs is 2. The largest absolute Gasteiger partial charge is 0.477 e. The summed E-state index contributed by atoms with van der Waals surface area (Å²) in [7, 11) is 1.49. The van der Waals surface area contributed by atoms with Gasteiger partial charge in [0.15, 0.2) is 17.3 Å². The number of rotatable bonds is 3. The number of nitrogens with one attached hydrogen (secondary N) is 1. The van der Waals surface area contributed by atoms with Crippen molar-refractivity contribution in [3.8, 4) is 17.2 Å². The molecule has 0 amide bonds.